The highest BCUT2D eigenvalue weighted by Crippen LogP contribution is 2.39. The zero-order chi connectivity index (χ0) is 32.8. The molecule has 11 nitrogen and oxygen atoms in total. The lowest BCUT2D eigenvalue weighted by molar-refractivity contribution is -0.274. The van der Waals surface area contributed by atoms with Gasteiger partial charge in [0.2, 0.25) is 5.95 Å². The number of thiazole rings is 1. The van der Waals surface area contributed by atoms with E-state index in [1.807, 2.05) is 19.9 Å². The fourth-order valence-corrected chi connectivity index (χ4v) is 7.89. The minimum absolute atomic E-state index is 0.172. The molecule has 1 fully saturated rings. The van der Waals surface area contributed by atoms with E-state index >= 15 is 0 Å². The van der Waals surface area contributed by atoms with Gasteiger partial charge in [0.05, 0.1) is 45.6 Å². The molecule has 0 amide bonds. The highest BCUT2D eigenvalue weighted by atomic mass is 32.2. The summed E-state index contributed by atoms with van der Waals surface area (Å²) in [6.45, 7) is 7.33. The predicted molar refractivity (Wildman–Crippen MR) is 165 cm³/mol. The molecule has 5 rings (SSSR count). The number of aromatic nitrogens is 4. The van der Waals surface area contributed by atoms with Crippen LogP contribution in [0, 0.1) is 26.7 Å². The molecule has 0 spiro atoms. The lowest BCUT2D eigenvalue weighted by Crippen LogP contribution is -2.36. The summed E-state index contributed by atoms with van der Waals surface area (Å²) in [5.41, 5.74) is 4.08. The number of nitrogens with zero attached hydrogens (tertiary/aromatic N) is 4. The number of anilines is 2. The van der Waals surface area contributed by atoms with Crippen molar-refractivity contribution in [3.05, 3.63) is 53.0 Å². The molecule has 1 unspecified atom stereocenters. The Balaban J connectivity index is 1.50. The fraction of sp³-hybridized carbons (Fsp3) is 0.448. The van der Waals surface area contributed by atoms with Crippen LogP contribution in [-0.4, -0.2) is 75.2 Å². The Morgan fingerprint density at radius 3 is 2.38 bits per heavy atom. The number of benzene rings is 1. The van der Waals surface area contributed by atoms with Gasteiger partial charge in [-0.3, -0.25) is 4.98 Å². The Bertz CT molecular complexity index is 1820. The first-order valence-electron chi connectivity index (χ1n) is 14.0. The van der Waals surface area contributed by atoms with Gasteiger partial charge in [-0.2, -0.15) is 4.98 Å². The average Bonchev–Trinajstić information content (AvgIpc) is 3.43. The molecule has 242 valence electrons. The monoisotopic (exact) mass is 666 g/mol. The molecule has 0 bridgehead atoms. The van der Waals surface area contributed by atoms with Gasteiger partial charge in [-0.1, -0.05) is 12.1 Å². The first-order chi connectivity index (χ1) is 21.0. The van der Waals surface area contributed by atoms with Gasteiger partial charge in [0.25, 0.3) is 0 Å². The molecule has 4 aromatic rings. The molecular weight excluding hydrogens is 633 g/mol. The largest absolute Gasteiger partial charge is 0.573 e. The molecule has 1 aromatic carbocycles. The molecule has 1 aliphatic rings. The van der Waals surface area contributed by atoms with Crippen LogP contribution in [0.25, 0.3) is 20.8 Å². The SMILES string of the molecule is Cc1cc2sc(-c3c(C)nc(N[C@H](C)c4ccc(OC(F)(F)F)cc4)nc3NC3C[C@H](CS(C)(=O)=O)[C@@H](O)[C@H]3O)nc2c(C)n1. The first-order valence-corrected chi connectivity index (χ1v) is 16.9. The van der Waals surface area contributed by atoms with Crippen LogP contribution in [-0.2, 0) is 9.84 Å². The van der Waals surface area contributed by atoms with Crippen molar-refractivity contribution < 1.29 is 36.5 Å². The van der Waals surface area contributed by atoms with Crippen LogP contribution < -0.4 is 15.4 Å². The summed E-state index contributed by atoms with van der Waals surface area (Å²) in [6.07, 6.45) is -6.07. The Labute approximate surface area is 261 Å². The van der Waals surface area contributed by atoms with Gasteiger partial charge >= 0.3 is 6.36 Å². The van der Waals surface area contributed by atoms with E-state index in [1.165, 1.54) is 35.6 Å². The molecule has 16 heteroatoms. The summed E-state index contributed by atoms with van der Waals surface area (Å²) in [6, 6.07) is 6.20. The minimum atomic E-state index is -4.80. The number of hydrogen-bond acceptors (Lipinski definition) is 12. The third kappa shape index (κ3) is 7.62. The number of fused-ring (bicyclic) bond motifs is 1. The second-order valence-corrected chi connectivity index (χ2v) is 14.6. The molecule has 0 saturated heterocycles. The van der Waals surface area contributed by atoms with Gasteiger partial charge < -0.3 is 25.6 Å². The third-order valence-corrected chi connectivity index (χ3v) is 9.64. The number of sulfone groups is 1. The summed E-state index contributed by atoms with van der Waals surface area (Å²) >= 11 is 1.42. The first kappa shape index (κ1) is 32.8. The van der Waals surface area contributed by atoms with Crippen LogP contribution >= 0.6 is 11.3 Å². The van der Waals surface area contributed by atoms with Gasteiger partial charge in [0.1, 0.15) is 38.0 Å². The summed E-state index contributed by atoms with van der Waals surface area (Å²) in [5, 5.41) is 28.5. The molecule has 0 radical (unpaired) electrons. The number of alkyl halides is 3. The number of aliphatic hydroxyl groups is 2. The number of hydrogen-bond donors (Lipinski definition) is 4. The second kappa shape index (κ2) is 12.3. The minimum Gasteiger partial charge on any atom is -0.406 e. The van der Waals surface area contributed by atoms with E-state index in [1.54, 1.807) is 13.8 Å². The van der Waals surface area contributed by atoms with Crippen molar-refractivity contribution in [2.75, 3.05) is 22.6 Å². The Hall–Kier alpha value is -3.60. The van der Waals surface area contributed by atoms with Crippen LogP contribution in [0.15, 0.2) is 30.3 Å². The molecule has 1 saturated carbocycles. The normalized spacial score (nSPS) is 21.2. The van der Waals surface area contributed by atoms with Crippen molar-refractivity contribution in [3.63, 3.8) is 0 Å². The van der Waals surface area contributed by atoms with Gasteiger partial charge in [0.15, 0.2) is 0 Å². The van der Waals surface area contributed by atoms with Crippen molar-refractivity contribution in [1.82, 2.24) is 19.9 Å². The van der Waals surface area contributed by atoms with Crippen molar-refractivity contribution >= 4 is 43.2 Å². The second-order valence-electron chi connectivity index (χ2n) is 11.4. The number of nitrogens with one attached hydrogen (secondary N) is 2. The maximum Gasteiger partial charge on any atom is 0.573 e. The zero-order valence-corrected chi connectivity index (χ0v) is 26.7. The van der Waals surface area contributed by atoms with E-state index in [9.17, 15) is 31.8 Å². The van der Waals surface area contributed by atoms with E-state index in [4.69, 9.17) is 9.97 Å². The lowest BCUT2D eigenvalue weighted by Gasteiger charge is -2.22. The lowest BCUT2D eigenvalue weighted by atomic mass is 10.1. The third-order valence-electron chi connectivity index (χ3n) is 7.58. The smallest absolute Gasteiger partial charge is 0.406 e. The van der Waals surface area contributed by atoms with Gasteiger partial charge in [-0.15, -0.1) is 24.5 Å². The van der Waals surface area contributed by atoms with E-state index < -0.39 is 46.4 Å². The van der Waals surface area contributed by atoms with Crippen LogP contribution in [0.4, 0.5) is 24.9 Å². The molecule has 5 atom stereocenters. The number of rotatable bonds is 9. The number of aryl methyl sites for hydroxylation is 3. The van der Waals surface area contributed by atoms with Crippen molar-refractivity contribution in [2.24, 2.45) is 5.92 Å². The number of halogens is 3. The number of ether oxygens (including phenoxy) is 1. The Morgan fingerprint density at radius 2 is 1.73 bits per heavy atom. The summed E-state index contributed by atoms with van der Waals surface area (Å²) < 4.78 is 66.5. The summed E-state index contributed by atoms with van der Waals surface area (Å²) in [7, 11) is -3.41. The molecular formula is C29H33F3N6O5S2. The van der Waals surface area contributed by atoms with E-state index in [2.05, 4.69) is 25.3 Å². The van der Waals surface area contributed by atoms with E-state index in [0.29, 0.717) is 27.6 Å². The topological polar surface area (TPSA) is 159 Å². The van der Waals surface area contributed by atoms with E-state index in [0.717, 1.165) is 27.9 Å². The van der Waals surface area contributed by atoms with Gasteiger partial charge in [-0.25, -0.2) is 18.4 Å². The standard InChI is InChI=1S/C29H33F3N6O5S2/c1-13-10-21-23(16(4)33-13)37-27(44-21)22-15(3)35-28(34-14(2)17-6-8-19(9-7-17)43-29(30,31)32)38-26(22)36-20-11-18(12-45(5,41)42)24(39)25(20)40/h6-10,14,18,20,24-25,39-40H,11-12H2,1-5H3,(H2,34,35,36,38)/t14-,18-,20?,24-,25+/m1/s1. The molecule has 1 aliphatic carbocycles. The fourth-order valence-electron chi connectivity index (χ4n) is 5.57. The molecule has 3 heterocycles. The predicted octanol–water partition coefficient (Wildman–Crippen LogP) is 4.71. The Kier molecular flexibility index (Phi) is 8.96. The van der Waals surface area contributed by atoms with Crippen LogP contribution in [0.3, 0.4) is 0 Å². The van der Waals surface area contributed by atoms with Crippen LogP contribution in [0.2, 0.25) is 0 Å². The Morgan fingerprint density at radius 1 is 1.04 bits per heavy atom. The quantitative estimate of drug-likeness (QED) is 0.196. The van der Waals surface area contributed by atoms with Crippen molar-refractivity contribution in [1.29, 1.82) is 0 Å². The molecule has 45 heavy (non-hydrogen) atoms. The summed E-state index contributed by atoms with van der Waals surface area (Å²) in [4.78, 5) is 18.7. The van der Waals surface area contributed by atoms with Gasteiger partial charge in [-0.05, 0) is 57.9 Å². The highest BCUT2D eigenvalue weighted by molar-refractivity contribution is 7.90. The molecule has 4 N–H and O–H groups in total. The maximum atomic E-state index is 12.6. The van der Waals surface area contributed by atoms with Crippen LogP contribution in [0.5, 0.6) is 5.75 Å². The molecule has 0 aliphatic heterocycles. The van der Waals surface area contributed by atoms with Crippen molar-refractivity contribution in [3.8, 4) is 16.3 Å². The van der Waals surface area contributed by atoms with Crippen molar-refractivity contribution in [2.45, 2.75) is 64.8 Å². The maximum absolute atomic E-state index is 12.6. The highest BCUT2D eigenvalue weighted by Gasteiger charge is 2.43. The zero-order valence-electron chi connectivity index (χ0n) is 25.0. The number of pyridine rings is 1. The number of aliphatic hydroxyl groups excluding tert-OH is 2. The van der Waals surface area contributed by atoms with E-state index in [-0.39, 0.29) is 23.9 Å². The van der Waals surface area contributed by atoms with Crippen LogP contribution in [0.1, 0.15) is 42.0 Å². The molecule has 3 aromatic heterocycles. The average molecular weight is 667 g/mol. The summed E-state index contributed by atoms with van der Waals surface area (Å²) in [5.74, 6) is -0.801. The van der Waals surface area contributed by atoms with Gasteiger partial charge in [0, 0.05) is 17.9 Å².